The fourth-order valence-corrected chi connectivity index (χ4v) is 2.28. The molecule has 56 heavy (non-hydrogen) atoms. The van der Waals surface area contributed by atoms with Gasteiger partial charge in [0.15, 0.2) is 0 Å². The monoisotopic (exact) mass is 839 g/mol. The highest BCUT2D eigenvalue weighted by Crippen LogP contribution is 2.32. The second-order valence-electron chi connectivity index (χ2n) is 15.7. The lowest BCUT2D eigenvalue weighted by Gasteiger charge is -2.29. The summed E-state index contributed by atoms with van der Waals surface area (Å²) in [6, 6.07) is 0. The van der Waals surface area contributed by atoms with Crippen LogP contribution >= 0.6 is 0 Å². The molecule has 0 radical (unpaired) electrons. The van der Waals surface area contributed by atoms with E-state index in [1.807, 2.05) is 90.0 Å². The molecule has 0 aromatic rings. The van der Waals surface area contributed by atoms with Crippen LogP contribution in [0.1, 0.15) is 348 Å². The van der Waals surface area contributed by atoms with E-state index in [1.165, 1.54) is 13.8 Å². The first kappa shape index (κ1) is 18.8. The Balaban J connectivity index is -0.000000352. The van der Waals surface area contributed by atoms with E-state index in [0.717, 1.165) is 34.1 Å². The lowest BCUT2D eigenvalue weighted by atomic mass is 9.77. The van der Waals surface area contributed by atoms with Gasteiger partial charge in [0.2, 0.25) is 0 Å². The van der Waals surface area contributed by atoms with Gasteiger partial charge in [0.25, 0.3) is 0 Å². The standard InChI is InChI=1S/C9H18.C8H16.C7H14.C6H12.2C6H14.2C5H12.C4H10/c1-8-4-3-5-9(2)7-6-8;1-7-4-3-5-8(2)6-7;1-6-3-4-7(2)5-6;1-5-3-4-6(5)2;1-5-6(2,3)4;1-4-5-6(2)3;2*1-4-5(2)3;1-4(2)3/h8-9H,3-7H2,1-2H3;7-8H,3-6H2,1-2H3;6-7H,3-5H2,1-2H3;5-6H,3-4H2,1-2H3;5H2,1-4H3;6H,4-5H2,1-3H3;2*5H,4H2,1-3H3;4H,1-3H3/t8-,9?;7-,8?;6-,7?;5-,6?;;;;;/m1111...../s1/i3D2,4D2,5D2,6D2,7D2,8D,9D;3D2,4D2,5D2,6D2,7D,8D;3D2,4D2,5D2,6D,7D;3D2,4D2,5D,6D;5D2;4D2;5D;4D2;4D. The van der Waals surface area contributed by atoms with Crippen LogP contribution in [-0.4, -0.2) is 0 Å². The van der Waals surface area contributed by atoms with E-state index >= 15 is 0 Å². The average Bonchev–Trinajstić information content (AvgIpc) is 0.950. The molecule has 0 amide bonds. The Morgan fingerprint density at radius 1 is 0.518 bits per heavy atom. The van der Waals surface area contributed by atoms with Crippen molar-refractivity contribution in [1.29, 1.82) is 0 Å². The van der Waals surface area contributed by atoms with Gasteiger partial charge in [-0.25, -0.2) is 0 Å². The molecule has 0 nitrogen and oxygen atoms in total. The molecule has 4 rings (SSSR count). The Labute approximate surface area is 425 Å². The molecule has 4 aliphatic rings. The molecule has 0 aliphatic heterocycles. The van der Waals surface area contributed by atoms with Crippen molar-refractivity contribution in [3.8, 4) is 0 Å². The average molecular weight is 840 g/mol. The van der Waals surface area contributed by atoms with E-state index in [4.69, 9.17) is 60.3 Å². The van der Waals surface area contributed by atoms with Crippen LogP contribution in [0, 0.1) is 76.2 Å². The first-order valence-electron chi connectivity index (χ1n) is 41.7. The van der Waals surface area contributed by atoms with E-state index in [-0.39, 0.29) is 23.1 Å². The van der Waals surface area contributed by atoms with Crippen LogP contribution in [-0.2, 0) is 0 Å². The van der Waals surface area contributed by atoms with Crippen molar-refractivity contribution >= 4 is 0 Å². The molecule has 0 N–H and O–H groups in total. The third kappa shape index (κ3) is 63.2. The van der Waals surface area contributed by atoms with Crippen LogP contribution in [0.4, 0.5) is 0 Å². The second kappa shape index (κ2) is 43.1. The molecular formula is C56H122. The predicted molar refractivity (Wildman–Crippen MR) is 268 cm³/mol. The van der Waals surface area contributed by atoms with Crippen LogP contribution in [0.15, 0.2) is 0 Å². The highest BCUT2D eigenvalue weighted by molar-refractivity contribution is 4.72. The van der Waals surface area contributed by atoms with Gasteiger partial charge in [0.05, 0.1) is 0 Å². The maximum atomic E-state index is 7.96. The van der Waals surface area contributed by atoms with Crippen LogP contribution in [0.2, 0.25) is 0 Å². The lowest BCUT2D eigenvalue weighted by molar-refractivity contribution is 0.219. The van der Waals surface area contributed by atoms with Gasteiger partial charge in [-0.15, -0.1) is 0 Å². The summed E-state index contributed by atoms with van der Waals surface area (Å²) in [6.07, 6.45) is -42.9. The summed E-state index contributed by atoms with van der Waals surface area (Å²) in [4.78, 5) is 0. The van der Waals surface area contributed by atoms with Crippen molar-refractivity contribution in [1.82, 2.24) is 0 Å². The Hall–Kier alpha value is 0. The van der Waals surface area contributed by atoms with Crippen LogP contribution in [0.5, 0.6) is 0 Å². The van der Waals surface area contributed by atoms with E-state index in [1.54, 1.807) is 20.8 Å². The van der Waals surface area contributed by atoms with Gasteiger partial charge in [-0.3, -0.25) is 0 Å². The summed E-state index contributed by atoms with van der Waals surface area (Å²) < 4.78 is 333. The van der Waals surface area contributed by atoms with E-state index < -0.39 is 155 Å². The number of hydrogen-bond donors (Lipinski definition) is 0. The Morgan fingerprint density at radius 2 is 0.768 bits per heavy atom. The normalized spacial score (nSPS) is 62.4. The summed E-state index contributed by atoms with van der Waals surface area (Å²) >= 11 is 0. The van der Waals surface area contributed by atoms with E-state index in [2.05, 4.69) is 0 Å². The number of hydrogen-bond acceptors (Lipinski definition) is 0. The predicted octanol–water partition coefficient (Wildman–Crippen LogP) is 21.2. The molecule has 346 valence electrons. The van der Waals surface area contributed by atoms with Crippen molar-refractivity contribution in [2.45, 2.75) is 287 Å². The minimum Gasteiger partial charge on any atom is -0.0654 e. The highest BCUT2D eigenvalue weighted by Gasteiger charge is 2.21. The van der Waals surface area contributed by atoms with E-state index in [9.17, 15) is 0 Å². The highest BCUT2D eigenvalue weighted by atomic mass is 14.3. The quantitative estimate of drug-likeness (QED) is 0.248. The largest absolute Gasteiger partial charge is 0.0654 e. The molecule has 0 saturated heterocycles. The third-order valence-electron chi connectivity index (χ3n) is 6.27. The molecule has 0 heteroatoms. The smallest absolute Gasteiger partial charge is 0.0303 e. The molecule has 0 aromatic heterocycles. The molecule has 4 fully saturated rings. The van der Waals surface area contributed by atoms with Gasteiger partial charge in [-0.1, -0.05) is 275 Å². The van der Waals surface area contributed by atoms with Gasteiger partial charge < -0.3 is 0 Å². The maximum absolute atomic E-state index is 7.96. The second-order valence-corrected chi connectivity index (χ2v) is 15.7. The van der Waals surface area contributed by atoms with E-state index in [0.29, 0.717) is 26.2 Å². The van der Waals surface area contributed by atoms with Crippen LogP contribution < -0.4 is 0 Å². The SMILES string of the molecule is [2H]C(C)(C)C.[2H]C(C)(C)CC.[2H]C([2H])(C)C(C)(C)C.[2H]C([2H])(C)C(C)C.[2H]C([2H])(C)CC(C)C.[2H]C1([2H])C([2H])(C)C([2H])([2H])[C@]([2H])(C)C1([2H])[2H].[2H]C1([2H])C([2H])([2H])C([2H])([2H])[C@@]([2H])(C)C([2H])([2H])C([2H])([2H])C1([2H])C.[2H]C1([2H])C([2H])([2H])C([2H])([2H])[C@@]([2H])(C)C([2H])([2H])C1([2H])C.[2H]C1([2H])C([2H])([2H])[C@@]([2H])(C)C1([2H])C. The zero-order chi connectivity index (χ0) is 84.6. The summed E-state index contributed by atoms with van der Waals surface area (Å²) in [5.41, 5.74) is -0.229. The van der Waals surface area contributed by atoms with Gasteiger partial charge in [-0.2, -0.15) is 0 Å². The molecule has 4 aliphatic carbocycles. The molecule has 8 atom stereocenters. The van der Waals surface area contributed by atoms with Gasteiger partial charge >= 0.3 is 0 Å². The topological polar surface area (TPSA) is 0 Å². The molecule has 0 spiro atoms. The van der Waals surface area contributed by atoms with Crippen LogP contribution in [0.25, 0.3) is 0 Å². The summed E-state index contributed by atoms with van der Waals surface area (Å²) in [6.45, 7) is 37.4. The van der Waals surface area contributed by atoms with Gasteiger partial charge in [0.1, 0.15) is 0 Å². The van der Waals surface area contributed by atoms with Crippen LogP contribution in [0.3, 0.4) is 0 Å². The van der Waals surface area contributed by atoms with Crippen molar-refractivity contribution in [3.05, 3.63) is 0 Å². The van der Waals surface area contributed by atoms with Crippen molar-refractivity contribution in [3.63, 3.8) is 0 Å². The van der Waals surface area contributed by atoms with Crippen molar-refractivity contribution < 1.29 is 60.3 Å². The van der Waals surface area contributed by atoms with Gasteiger partial charge in [0, 0.05) is 60.3 Å². The fourth-order valence-electron chi connectivity index (χ4n) is 2.28. The molecule has 0 aromatic carbocycles. The molecular weight excluding hydrogens is 673 g/mol. The summed E-state index contributed by atoms with van der Waals surface area (Å²) in [7, 11) is 0. The Bertz CT molecular complexity index is 2140. The Morgan fingerprint density at radius 3 is 0.911 bits per heavy atom. The zero-order valence-corrected chi connectivity index (χ0v) is 40.6. The molecule has 4 unspecified atom stereocenters. The lowest BCUT2D eigenvalue weighted by Crippen LogP contribution is -2.18. The summed E-state index contributed by atoms with van der Waals surface area (Å²) in [5.74, 6) is -18.9. The van der Waals surface area contributed by atoms with Crippen molar-refractivity contribution in [2.24, 2.45) is 76.2 Å². The first-order chi connectivity index (χ1) is 41.7. The third-order valence-corrected chi connectivity index (χ3v) is 6.27. The van der Waals surface area contributed by atoms with Gasteiger partial charge in [-0.05, 0) is 88.9 Å². The van der Waals surface area contributed by atoms with Crippen molar-refractivity contribution in [2.75, 3.05) is 0 Å². The fraction of sp³-hybridized carbons (Fsp3) is 1.00. The first-order valence-corrected chi connectivity index (χ1v) is 19.7. The maximum Gasteiger partial charge on any atom is 0.0303 e. The minimum absolute atomic E-state index is 0.132. The summed E-state index contributed by atoms with van der Waals surface area (Å²) in [5, 5.41) is 0. The Kier molecular flexibility index (Phi) is 14.4. The molecule has 0 heterocycles. The zero-order valence-electron chi connectivity index (χ0n) is 84.6. The molecule has 0 bridgehead atoms. The number of rotatable bonds is 4. The molecule has 4 saturated carbocycles. The minimum atomic E-state index is -3.45.